The Labute approximate surface area is 221 Å². The minimum absolute atomic E-state index is 0.160. The van der Waals surface area contributed by atoms with Crippen LogP contribution in [0.4, 0.5) is 5.69 Å². The Hall–Kier alpha value is -2.59. The van der Waals surface area contributed by atoms with Crippen molar-refractivity contribution in [1.29, 1.82) is 0 Å². The van der Waals surface area contributed by atoms with Crippen molar-refractivity contribution in [1.82, 2.24) is 4.98 Å². The number of nitrogens with zero attached hydrogens (tertiary/aromatic N) is 1. The van der Waals surface area contributed by atoms with Gasteiger partial charge < -0.3 is 14.6 Å². The second-order valence-corrected chi connectivity index (χ2v) is 12.1. The summed E-state index contributed by atoms with van der Waals surface area (Å²) < 4.78 is 6.36. The molecule has 0 spiro atoms. The first kappa shape index (κ1) is 24.7. The van der Waals surface area contributed by atoms with Crippen molar-refractivity contribution in [2.75, 3.05) is 24.6 Å². The first-order valence-electron chi connectivity index (χ1n) is 14.7. The van der Waals surface area contributed by atoms with Gasteiger partial charge in [0.25, 0.3) is 0 Å². The lowest BCUT2D eigenvalue weighted by molar-refractivity contribution is 0.0270. The molecule has 1 aromatic heterocycles. The summed E-state index contributed by atoms with van der Waals surface area (Å²) in [7, 11) is 0. The predicted molar refractivity (Wildman–Crippen MR) is 152 cm³/mol. The normalized spacial score (nSPS) is 20.3. The lowest BCUT2D eigenvalue weighted by atomic mass is 9.70. The molecule has 37 heavy (non-hydrogen) atoms. The average molecular weight is 499 g/mol. The number of carbonyl (C=O) groups is 1. The standard InChI is InChI=1S/C33H42N2O2/c1-4-23-20-26-27(33(2,3)32-30(31(26)36)25-12-8-9-13-28(25)34-32)21-29(23)35-17-14-24(15-18-35)37-19-16-22-10-6-5-7-11-22/h8-9,12-13,20-22,24,34H,4-7,10-11,14-19H2,1-3H3. The highest BCUT2D eigenvalue weighted by Gasteiger charge is 2.40. The number of carbonyl (C=O) groups excluding carboxylic acids is 1. The molecule has 3 aliphatic rings. The number of anilines is 1. The van der Waals surface area contributed by atoms with E-state index < -0.39 is 0 Å². The molecule has 2 aliphatic carbocycles. The maximum atomic E-state index is 13.8. The molecule has 3 aromatic rings. The minimum Gasteiger partial charge on any atom is -0.378 e. The smallest absolute Gasteiger partial charge is 0.195 e. The molecular formula is C33H42N2O2. The van der Waals surface area contributed by atoms with E-state index in [1.807, 2.05) is 12.1 Å². The van der Waals surface area contributed by atoms with Gasteiger partial charge in [0.05, 0.1) is 11.7 Å². The van der Waals surface area contributed by atoms with E-state index in [9.17, 15) is 4.79 Å². The van der Waals surface area contributed by atoms with Gasteiger partial charge in [-0.25, -0.2) is 0 Å². The van der Waals surface area contributed by atoms with Crippen LogP contribution in [0.5, 0.6) is 0 Å². The highest BCUT2D eigenvalue weighted by Crippen LogP contribution is 2.46. The van der Waals surface area contributed by atoms with Gasteiger partial charge in [-0.05, 0) is 60.9 Å². The number of fused-ring (bicyclic) bond motifs is 4. The van der Waals surface area contributed by atoms with Crippen LogP contribution < -0.4 is 4.90 Å². The molecule has 4 heteroatoms. The fourth-order valence-electron chi connectivity index (χ4n) is 7.17. The second-order valence-electron chi connectivity index (χ2n) is 12.1. The van der Waals surface area contributed by atoms with E-state index in [4.69, 9.17) is 4.74 Å². The molecule has 2 fully saturated rings. The number of nitrogens with one attached hydrogen (secondary N) is 1. The molecule has 2 heterocycles. The highest BCUT2D eigenvalue weighted by molar-refractivity contribution is 6.20. The van der Waals surface area contributed by atoms with Gasteiger partial charge in [-0.1, -0.05) is 71.1 Å². The Bertz CT molecular complexity index is 1290. The van der Waals surface area contributed by atoms with Crippen LogP contribution in [0.2, 0.25) is 0 Å². The van der Waals surface area contributed by atoms with Crippen LogP contribution in [0, 0.1) is 5.92 Å². The average Bonchev–Trinajstić information content (AvgIpc) is 3.33. The number of para-hydroxylation sites is 1. The molecule has 0 unspecified atom stereocenters. The van der Waals surface area contributed by atoms with Gasteiger partial charge in [-0.3, -0.25) is 4.79 Å². The topological polar surface area (TPSA) is 45.3 Å². The fourth-order valence-corrected chi connectivity index (χ4v) is 7.17. The summed E-state index contributed by atoms with van der Waals surface area (Å²) in [6.45, 7) is 9.69. The molecule has 1 saturated carbocycles. The molecule has 1 aliphatic heterocycles. The number of aromatic nitrogens is 1. The molecular weight excluding hydrogens is 456 g/mol. The van der Waals surface area contributed by atoms with Gasteiger partial charge in [0, 0.05) is 53.0 Å². The van der Waals surface area contributed by atoms with Crippen molar-refractivity contribution < 1.29 is 9.53 Å². The summed E-state index contributed by atoms with van der Waals surface area (Å²) in [6.07, 6.45) is 11.8. The van der Waals surface area contributed by atoms with Crippen molar-refractivity contribution >= 4 is 22.4 Å². The second kappa shape index (κ2) is 9.94. The monoisotopic (exact) mass is 498 g/mol. The van der Waals surface area contributed by atoms with Crippen LogP contribution in [-0.4, -0.2) is 36.6 Å². The number of piperidine rings is 1. The number of hydrogen-bond acceptors (Lipinski definition) is 3. The summed E-state index contributed by atoms with van der Waals surface area (Å²) in [6, 6.07) is 12.7. The summed E-state index contributed by atoms with van der Waals surface area (Å²) in [5.74, 6) is 1.05. The zero-order chi connectivity index (χ0) is 25.6. The number of ether oxygens (including phenoxy) is 1. The van der Waals surface area contributed by atoms with E-state index in [1.165, 1.54) is 49.8 Å². The summed E-state index contributed by atoms with van der Waals surface area (Å²) in [4.78, 5) is 20.0. The molecule has 0 bridgehead atoms. The van der Waals surface area contributed by atoms with Crippen molar-refractivity contribution in [2.24, 2.45) is 5.92 Å². The van der Waals surface area contributed by atoms with Crippen LogP contribution >= 0.6 is 0 Å². The number of H-pyrrole nitrogens is 1. The molecule has 196 valence electrons. The Morgan fingerprint density at radius 3 is 2.54 bits per heavy atom. The zero-order valence-electron chi connectivity index (χ0n) is 22.9. The van der Waals surface area contributed by atoms with E-state index in [0.717, 1.165) is 78.2 Å². The van der Waals surface area contributed by atoms with E-state index in [0.29, 0.717) is 6.10 Å². The van der Waals surface area contributed by atoms with Gasteiger partial charge in [0.1, 0.15) is 0 Å². The van der Waals surface area contributed by atoms with Crippen molar-refractivity contribution in [3.8, 4) is 0 Å². The molecule has 1 N–H and O–H groups in total. The molecule has 2 aromatic carbocycles. The first-order valence-corrected chi connectivity index (χ1v) is 14.7. The third-order valence-electron chi connectivity index (χ3n) is 9.46. The number of ketones is 1. The summed E-state index contributed by atoms with van der Waals surface area (Å²) in [5.41, 5.74) is 7.30. The van der Waals surface area contributed by atoms with E-state index in [2.05, 4.69) is 54.9 Å². The van der Waals surface area contributed by atoms with Gasteiger partial charge >= 0.3 is 0 Å². The Kier molecular flexibility index (Phi) is 6.65. The number of rotatable bonds is 6. The van der Waals surface area contributed by atoms with Crippen molar-refractivity contribution in [3.63, 3.8) is 0 Å². The maximum absolute atomic E-state index is 13.8. The van der Waals surface area contributed by atoms with Crippen molar-refractivity contribution in [2.45, 2.75) is 90.1 Å². The minimum atomic E-state index is -0.265. The van der Waals surface area contributed by atoms with Crippen LogP contribution in [0.1, 0.15) is 105 Å². The third-order valence-corrected chi connectivity index (χ3v) is 9.46. The van der Waals surface area contributed by atoms with E-state index in [-0.39, 0.29) is 11.2 Å². The SMILES string of the molecule is CCc1cc2c(cc1N1CCC(OCCC3CCCCC3)CC1)C(C)(C)c1[nH]c3ccccc3c1C2=O. The fraction of sp³-hybridized carbons (Fsp3) is 0.545. The lowest BCUT2D eigenvalue weighted by Crippen LogP contribution is -2.38. The Morgan fingerprint density at radius 2 is 1.78 bits per heavy atom. The Balaban J connectivity index is 1.21. The number of benzene rings is 2. The van der Waals surface area contributed by atoms with Gasteiger partial charge in [0.15, 0.2) is 5.78 Å². The first-order chi connectivity index (χ1) is 18.0. The molecule has 4 nitrogen and oxygen atoms in total. The van der Waals surface area contributed by atoms with E-state index in [1.54, 1.807) is 0 Å². The summed E-state index contributed by atoms with van der Waals surface area (Å²) >= 11 is 0. The molecule has 0 atom stereocenters. The molecule has 1 saturated heterocycles. The zero-order valence-corrected chi connectivity index (χ0v) is 22.9. The highest BCUT2D eigenvalue weighted by atomic mass is 16.5. The quantitative estimate of drug-likeness (QED) is 0.381. The number of aromatic amines is 1. The maximum Gasteiger partial charge on any atom is 0.195 e. The van der Waals surface area contributed by atoms with Gasteiger partial charge in [-0.15, -0.1) is 0 Å². The third kappa shape index (κ3) is 4.41. The van der Waals surface area contributed by atoms with Crippen LogP contribution in [-0.2, 0) is 16.6 Å². The number of hydrogen-bond donors (Lipinski definition) is 1. The molecule has 0 amide bonds. The summed E-state index contributed by atoms with van der Waals surface area (Å²) in [5, 5.41) is 1.04. The molecule has 6 rings (SSSR count). The van der Waals surface area contributed by atoms with Crippen LogP contribution in [0.25, 0.3) is 10.9 Å². The van der Waals surface area contributed by atoms with Gasteiger partial charge in [0.2, 0.25) is 0 Å². The van der Waals surface area contributed by atoms with Gasteiger partial charge in [-0.2, -0.15) is 0 Å². The Morgan fingerprint density at radius 1 is 1.03 bits per heavy atom. The predicted octanol–water partition coefficient (Wildman–Crippen LogP) is 7.56. The van der Waals surface area contributed by atoms with Crippen LogP contribution in [0.3, 0.4) is 0 Å². The van der Waals surface area contributed by atoms with Crippen LogP contribution in [0.15, 0.2) is 36.4 Å². The van der Waals surface area contributed by atoms with Crippen molar-refractivity contribution in [3.05, 3.63) is 64.3 Å². The molecule has 0 radical (unpaired) electrons. The lowest BCUT2D eigenvalue weighted by Gasteiger charge is -2.38. The largest absolute Gasteiger partial charge is 0.378 e. The number of aryl methyl sites for hydroxylation is 1. The van der Waals surface area contributed by atoms with E-state index >= 15 is 0 Å².